The molecule has 0 bridgehead atoms. The first-order valence-corrected chi connectivity index (χ1v) is 30.4. The van der Waals surface area contributed by atoms with Gasteiger partial charge in [0.1, 0.15) is 11.5 Å². The normalized spacial score (nSPS) is 14.9. The summed E-state index contributed by atoms with van der Waals surface area (Å²) < 4.78 is 10.3. The molecule has 82 heavy (non-hydrogen) atoms. The van der Waals surface area contributed by atoms with Gasteiger partial charge in [0.05, 0.1) is 5.52 Å². The van der Waals surface area contributed by atoms with Gasteiger partial charge in [-0.1, -0.05) is 200 Å². The fourth-order valence-electron chi connectivity index (χ4n) is 13.8. The number of hydrogen-bond acceptors (Lipinski definition) is 3. The topological polar surface area (TPSA) is 20.6 Å². The van der Waals surface area contributed by atoms with E-state index >= 15 is 0 Å². The summed E-state index contributed by atoms with van der Waals surface area (Å²) >= 11 is 0. The van der Waals surface area contributed by atoms with E-state index in [1.807, 2.05) is 0 Å². The van der Waals surface area contributed by atoms with Crippen molar-refractivity contribution in [3.8, 4) is 17.2 Å². The van der Waals surface area contributed by atoms with Gasteiger partial charge in [-0.25, -0.2) is 0 Å². The highest BCUT2D eigenvalue weighted by atomic mass is 16.5. The molecular weight excluding hydrogens is 992 g/mol. The first kappa shape index (κ1) is 54.3. The van der Waals surface area contributed by atoms with Gasteiger partial charge in [-0.3, -0.25) is 0 Å². The molecule has 0 N–H and O–H groups in total. The fraction of sp³-hybridized carbons (Fsp3) is 0.368. The second-order valence-corrected chi connectivity index (χ2v) is 32.1. The summed E-state index contributed by atoms with van der Waals surface area (Å²) in [6, 6.07) is 53.7. The minimum absolute atomic E-state index is 0.00633. The van der Waals surface area contributed by atoms with Crippen molar-refractivity contribution in [3.63, 3.8) is 0 Å². The van der Waals surface area contributed by atoms with Crippen molar-refractivity contribution in [2.75, 3.05) is 9.80 Å². The first-order chi connectivity index (χ1) is 38.1. The molecule has 0 fully saturated rings. The maximum absolute atomic E-state index is 7.70. The van der Waals surface area contributed by atoms with Crippen molar-refractivity contribution in [1.82, 2.24) is 4.57 Å². The monoisotopic (exact) mass is 1080 g/mol. The Hall–Kier alpha value is -6.91. The summed E-state index contributed by atoms with van der Waals surface area (Å²) in [6.07, 6.45) is 0. The van der Waals surface area contributed by atoms with Crippen LogP contribution < -0.4 is 47.3 Å². The minimum Gasteiger partial charge on any atom is -0.458 e. The summed E-state index contributed by atoms with van der Waals surface area (Å²) in [5, 5.41) is 2.64. The number of fused-ring (bicyclic) bond motifs is 11. The van der Waals surface area contributed by atoms with E-state index in [1.165, 1.54) is 122 Å². The third-order valence-corrected chi connectivity index (χ3v) is 18.9. The van der Waals surface area contributed by atoms with E-state index in [1.54, 1.807) is 0 Å². The van der Waals surface area contributed by atoms with E-state index < -0.39 is 0 Å². The quantitative estimate of drug-likeness (QED) is 0.161. The number of nitrogens with zero attached hydrogens (tertiary/aromatic N) is 3. The molecule has 0 unspecified atom stereocenters. The molecule has 13 rings (SSSR count). The second kappa shape index (κ2) is 17.3. The average molecular weight is 1080 g/mol. The maximum Gasteiger partial charge on any atom is 0.256 e. The van der Waals surface area contributed by atoms with Gasteiger partial charge in [0.15, 0.2) is 0 Å². The molecular formula is C76H85B2N3O. The smallest absolute Gasteiger partial charge is 0.256 e. The summed E-state index contributed by atoms with van der Waals surface area (Å²) in [6.45, 7) is 49.0. The van der Waals surface area contributed by atoms with Gasteiger partial charge in [-0.2, -0.15) is 0 Å². The van der Waals surface area contributed by atoms with Gasteiger partial charge in [0, 0.05) is 62.2 Å². The highest BCUT2D eigenvalue weighted by Gasteiger charge is 2.48. The Morgan fingerprint density at radius 3 is 1.24 bits per heavy atom. The molecule has 6 heteroatoms. The lowest BCUT2D eigenvalue weighted by Gasteiger charge is -2.46. The summed E-state index contributed by atoms with van der Waals surface area (Å²) in [4.78, 5) is 5.20. The van der Waals surface area contributed by atoms with Crippen molar-refractivity contribution < 1.29 is 4.74 Å². The maximum atomic E-state index is 7.70. The van der Waals surface area contributed by atoms with E-state index in [-0.39, 0.29) is 51.3 Å². The standard InChI is InChI=1S/C76H85B2N3O/c1-70(2,3)44-22-28-51(29-23-44)79-60-33-27-47(73(10,11)12)36-55(60)77-56-42-57-65(43-61(56)80(52-30-24-45(25-31-52)71(4,5)6)63-39-49(75(16,17)18)38-62(79)67(63)77)82-66-41-50(76(19,20)21)40-64-68(66)78(57)58-37-48(74(13,14)15)35-54-53-34-46(72(7,8)9)26-32-59(53)81(64)69(54)58/h22-43H,1-21H3. The third kappa shape index (κ3) is 8.37. The zero-order valence-electron chi connectivity index (χ0n) is 53.1. The van der Waals surface area contributed by atoms with Gasteiger partial charge in [0.2, 0.25) is 0 Å². The molecule has 4 aliphatic heterocycles. The Labute approximate surface area is 491 Å². The molecule has 0 saturated heterocycles. The molecule has 0 radical (unpaired) electrons. The van der Waals surface area contributed by atoms with Crippen LogP contribution in [-0.4, -0.2) is 18.0 Å². The number of aromatic nitrogens is 1. The molecule has 9 aromatic rings. The zero-order chi connectivity index (χ0) is 58.7. The number of anilines is 6. The molecule has 416 valence electrons. The van der Waals surface area contributed by atoms with Crippen LogP contribution in [0.5, 0.6) is 11.5 Å². The first-order valence-electron chi connectivity index (χ1n) is 30.4. The Bertz CT molecular complexity index is 4160. The third-order valence-electron chi connectivity index (χ3n) is 18.9. The molecule has 0 aliphatic carbocycles. The van der Waals surface area contributed by atoms with Crippen molar-refractivity contribution in [1.29, 1.82) is 0 Å². The van der Waals surface area contributed by atoms with E-state index in [9.17, 15) is 0 Å². The largest absolute Gasteiger partial charge is 0.458 e. The van der Waals surface area contributed by atoms with Crippen LogP contribution >= 0.6 is 0 Å². The van der Waals surface area contributed by atoms with Crippen LogP contribution in [0, 0.1) is 0 Å². The lowest BCUT2D eigenvalue weighted by molar-refractivity contribution is 0.483. The Morgan fingerprint density at radius 1 is 0.293 bits per heavy atom. The van der Waals surface area contributed by atoms with E-state index in [0.717, 1.165) is 22.9 Å². The molecule has 4 nitrogen and oxygen atoms in total. The minimum atomic E-state index is -0.156. The Morgan fingerprint density at radius 2 is 0.707 bits per heavy atom. The number of benzene rings is 8. The van der Waals surface area contributed by atoms with Crippen molar-refractivity contribution in [2.24, 2.45) is 0 Å². The summed E-state index contributed by atoms with van der Waals surface area (Å²) in [5.41, 5.74) is 27.5. The van der Waals surface area contributed by atoms with Crippen LogP contribution in [0.3, 0.4) is 0 Å². The van der Waals surface area contributed by atoms with E-state index in [0.29, 0.717) is 0 Å². The molecule has 0 amide bonds. The van der Waals surface area contributed by atoms with E-state index in [2.05, 4.69) is 293 Å². The summed E-state index contributed by atoms with van der Waals surface area (Å²) in [5.74, 6) is 1.88. The van der Waals surface area contributed by atoms with Crippen molar-refractivity contribution >= 4 is 102 Å². The van der Waals surface area contributed by atoms with Crippen LogP contribution in [-0.2, 0) is 37.9 Å². The number of hydrogen-bond donors (Lipinski definition) is 0. The average Bonchev–Trinajstić information content (AvgIpc) is 1.52. The zero-order valence-corrected chi connectivity index (χ0v) is 53.1. The van der Waals surface area contributed by atoms with Gasteiger partial charge in [0.25, 0.3) is 13.4 Å². The fourth-order valence-corrected chi connectivity index (χ4v) is 13.8. The molecule has 4 aliphatic rings. The van der Waals surface area contributed by atoms with Gasteiger partial charge < -0.3 is 19.1 Å². The lowest BCUT2D eigenvalue weighted by Crippen LogP contribution is -2.64. The van der Waals surface area contributed by atoms with E-state index in [4.69, 9.17) is 4.74 Å². The van der Waals surface area contributed by atoms with Gasteiger partial charge in [-0.05, 0) is 182 Å². The van der Waals surface area contributed by atoms with Crippen molar-refractivity contribution in [2.45, 2.75) is 183 Å². The van der Waals surface area contributed by atoms with Gasteiger partial charge in [-0.15, -0.1) is 0 Å². The SMILES string of the molecule is CC(C)(C)c1ccc(N2c3ccc(C(C)(C)C)cc3B3c4cc5c(cc4N(c4ccc(C(C)(C)C)cc4)c4cc(C(C)(C)C)cc2c43)Oc2cc(C(C)(C)C)cc3c2B5c2cc(C(C)(C)C)cc4c5cc(C(C)(C)C)ccc5n-3c24)cc1. The number of rotatable bonds is 2. The van der Waals surface area contributed by atoms with Crippen LogP contribution in [0.4, 0.5) is 34.1 Å². The van der Waals surface area contributed by atoms with Crippen molar-refractivity contribution in [3.05, 3.63) is 172 Å². The highest BCUT2D eigenvalue weighted by molar-refractivity contribution is 7.02. The Kier molecular flexibility index (Phi) is 11.5. The lowest BCUT2D eigenvalue weighted by atomic mass is 9.30. The molecule has 0 atom stereocenters. The van der Waals surface area contributed by atoms with Crippen LogP contribution in [0.2, 0.25) is 0 Å². The molecule has 1 aromatic heterocycles. The molecule has 0 saturated carbocycles. The molecule has 5 heterocycles. The summed E-state index contributed by atoms with van der Waals surface area (Å²) in [7, 11) is 0. The molecule has 0 spiro atoms. The predicted molar refractivity (Wildman–Crippen MR) is 357 cm³/mol. The van der Waals surface area contributed by atoms with Gasteiger partial charge >= 0.3 is 0 Å². The van der Waals surface area contributed by atoms with Crippen LogP contribution in [0.1, 0.15) is 184 Å². The molecule has 8 aromatic carbocycles. The Balaban J connectivity index is 1.17. The highest BCUT2D eigenvalue weighted by Crippen LogP contribution is 2.49. The number of ether oxygens (including phenoxy) is 1. The second-order valence-electron chi connectivity index (χ2n) is 32.1. The predicted octanol–water partition coefficient (Wildman–Crippen LogP) is 16.9. The van der Waals surface area contributed by atoms with Crippen LogP contribution in [0.25, 0.3) is 27.5 Å². The van der Waals surface area contributed by atoms with Crippen LogP contribution in [0.15, 0.2) is 133 Å².